The molecule has 1 heterocycles. The minimum atomic E-state index is -1.14. The normalized spacial score (nSPS) is 20.6. The second kappa shape index (κ2) is 9.76. The minimum Gasteiger partial charge on any atom is -0.497 e. The number of carbonyl (C=O) groups excluding carboxylic acids is 4. The summed E-state index contributed by atoms with van der Waals surface area (Å²) in [6, 6.07) is 9.55. The van der Waals surface area contributed by atoms with Gasteiger partial charge < -0.3 is 4.74 Å². The summed E-state index contributed by atoms with van der Waals surface area (Å²) in [6.07, 6.45) is 2.85. The number of ketones is 1. The molecule has 3 atom stereocenters. The summed E-state index contributed by atoms with van der Waals surface area (Å²) in [6.45, 7) is 1.50. The van der Waals surface area contributed by atoms with E-state index in [9.17, 15) is 19.2 Å². The van der Waals surface area contributed by atoms with Crippen LogP contribution in [0.5, 0.6) is 5.75 Å². The molecule has 0 spiro atoms. The molecule has 2 fully saturated rings. The van der Waals surface area contributed by atoms with Crippen molar-refractivity contribution in [1.29, 1.82) is 0 Å². The number of halogens is 2. The van der Waals surface area contributed by atoms with Crippen LogP contribution in [0.4, 0.5) is 0 Å². The number of hydrazine groups is 1. The highest BCUT2D eigenvalue weighted by Gasteiger charge is 2.53. The molecule has 0 N–H and O–H groups in total. The summed E-state index contributed by atoms with van der Waals surface area (Å²) < 4.78 is 5.14. The van der Waals surface area contributed by atoms with Gasteiger partial charge in [0.15, 0.2) is 5.78 Å². The molecule has 1 aliphatic heterocycles. The molecule has 0 radical (unpaired) electrons. The Morgan fingerprint density at radius 2 is 1.50 bits per heavy atom. The lowest BCUT2D eigenvalue weighted by molar-refractivity contribution is -0.156. The Kier molecular flexibility index (Phi) is 6.96. The van der Waals surface area contributed by atoms with Crippen molar-refractivity contribution < 1.29 is 23.9 Å². The van der Waals surface area contributed by atoms with Crippen molar-refractivity contribution in [3.05, 3.63) is 63.6 Å². The molecule has 2 aromatic carbocycles. The SMILES string of the molecule is COc1ccc(C(=O)[C@H](C)N(C(=O)c2ccc(Cl)c(Cl)c2)N2C(=O)[C@H]3CCCC[C@H]3C2=O)cc1. The second-order valence-electron chi connectivity index (χ2n) is 8.53. The van der Waals surface area contributed by atoms with Gasteiger partial charge in [0.05, 0.1) is 29.0 Å². The topological polar surface area (TPSA) is 84.0 Å². The molecule has 178 valence electrons. The van der Waals surface area contributed by atoms with Gasteiger partial charge in [-0.05, 0) is 62.2 Å². The molecular weight excluding hydrogens is 479 g/mol. The molecular formula is C25H24Cl2N2O5. The highest BCUT2D eigenvalue weighted by Crippen LogP contribution is 2.39. The third-order valence-corrected chi connectivity index (χ3v) is 7.27. The van der Waals surface area contributed by atoms with Crippen LogP contribution < -0.4 is 4.74 Å². The number of hydrogen-bond acceptors (Lipinski definition) is 5. The van der Waals surface area contributed by atoms with Gasteiger partial charge in [-0.1, -0.05) is 36.0 Å². The van der Waals surface area contributed by atoms with Gasteiger partial charge in [-0.3, -0.25) is 19.2 Å². The lowest BCUT2D eigenvalue weighted by Crippen LogP contribution is -2.56. The predicted octanol–water partition coefficient (Wildman–Crippen LogP) is 4.81. The summed E-state index contributed by atoms with van der Waals surface area (Å²) in [5.74, 6) is -2.39. The van der Waals surface area contributed by atoms with Crippen LogP contribution >= 0.6 is 23.2 Å². The maximum Gasteiger partial charge on any atom is 0.273 e. The largest absolute Gasteiger partial charge is 0.497 e. The van der Waals surface area contributed by atoms with E-state index in [1.54, 1.807) is 24.3 Å². The first-order valence-electron chi connectivity index (χ1n) is 11.1. The lowest BCUT2D eigenvalue weighted by atomic mass is 9.81. The second-order valence-corrected chi connectivity index (χ2v) is 9.35. The summed E-state index contributed by atoms with van der Waals surface area (Å²) in [4.78, 5) is 53.7. The van der Waals surface area contributed by atoms with E-state index in [0.29, 0.717) is 24.2 Å². The first kappa shape index (κ1) is 24.2. The number of nitrogens with zero attached hydrogens (tertiary/aromatic N) is 2. The molecule has 9 heteroatoms. The number of imide groups is 1. The van der Waals surface area contributed by atoms with E-state index >= 15 is 0 Å². The van der Waals surface area contributed by atoms with Crippen molar-refractivity contribution in [3.8, 4) is 5.75 Å². The average Bonchev–Trinajstić information content (AvgIpc) is 3.10. The van der Waals surface area contributed by atoms with Gasteiger partial charge in [-0.2, -0.15) is 5.01 Å². The molecule has 7 nitrogen and oxygen atoms in total. The highest BCUT2D eigenvalue weighted by molar-refractivity contribution is 6.42. The Bertz CT molecular complexity index is 1130. The van der Waals surface area contributed by atoms with Gasteiger partial charge in [0.25, 0.3) is 17.7 Å². The van der Waals surface area contributed by atoms with E-state index in [0.717, 1.165) is 22.9 Å². The minimum absolute atomic E-state index is 0.110. The van der Waals surface area contributed by atoms with Gasteiger partial charge in [-0.15, -0.1) is 0 Å². The van der Waals surface area contributed by atoms with Crippen LogP contribution in [0.1, 0.15) is 53.3 Å². The number of rotatable bonds is 6. The van der Waals surface area contributed by atoms with Crippen molar-refractivity contribution in [1.82, 2.24) is 10.0 Å². The maximum atomic E-state index is 13.7. The van der Waals surface area contributed by atoms with Gasteiger partial charge >= 0.3 is 0 Å². The number of hydrogen-bond donors (Lipinski definition) is 0. The number of benzene rings is 2. The van der Waals surface area contributed by atoms with Crippen molar-refractivity contribution in [3.63, 3.8) is 0 Å². The molecule has 0 bridgehead atoms. The molecule has 1 saturated carbocycles. The van der Waals surface area contributed by atoms with Gasteiger partial charge in [-0.25, -0.2) is 5.01 Å². The van der Waals surface area contributed by atoms with Gasteiger partial charge in [0.2, 0.25) is 0 Å². The standard InChI is InChI=1S/C25H24Cl2N2O5/c1-14(22(30)15-7-10-17(34-2)11-8-15)28(23(31)16-9-12-20(26)21(27)13-16)29-24(32)18-5-3-4-6-19(18)25(29)33/h7-14,18-19H,3-6H2,1-2H3/t14-,18-,19+/m0/s1. The van der Waals surface area contributed by atoms with E-state index in [1.807, 2.05) is 0 Å². The van der Waals surface area contributed by atoms with Crippen molar-refractivity contribution in [2.45, 2.75) is 38.6 Å². The van der Waals surface area contributed by atoms with Crippen LogP contribution in [0.25, 0.3) is 0 Å². The average molecular weight is 503 g/mol. The van der Waals surface area contributed by atoms with E-state index in [2.05, 4.69) is 0 Å². The van der Waals surface area contributed by atoms with Crippen molar-refractivity contribution in [2.75, 3.05) is 7.11 Å². The fraction of sp³-hybridized carbons (Fsp3) is 0.360. The van der Waals surface area contributed by atoms with Gasteiger partial charge in [0, 0.05) is 11.1 Å². The Labute approximate surface area is 207 Å². The van der Waals surface area contributed by atoms with Crippen LogP contribution in [0.2, 0.25) is 10.0 Å². The molecule has 2 aliphatic rings. The fourth-order valence-electron chi connectivity index (χ4n) is 4.67. The van der Waals surface area contributed by atoms with Crippen LogP contribution in [-0.2, 0) is 9.59 Å². The number of amides is 3. The summed E-state index contributed by atoms with van der Waals surface area (Å²) in [5, 5.41) is 2.27. The van der Waals surface area contributed by atoms with Crippen LogP contribution in [-0.4, -0.2) is 46.7 Å². The van der Waals surface area contributed by atoms with Crippen LogP contribution in [0.3, 0.4) is 0 Å². The highest BCUT2D eigenvalue weighted by atomic mass is 35.5. The first-order valence-corrected chi connectivity index (χ1v) is 11.8. The van der Waals surface area contributed by atoms with Crippen molar-refractivity contribution >= 4 is 46.7 Å². The van der Waals surface area contributed by atoms with E-state index < -0.39 is 41.4 Å². The third kappa shape index (κ3) is 4.30. The number of Topliss-reactive ketones (excluding diaryl/α,β-unsaturated/α-hetero) is 1. The lowest BCUT2D eigenvalue weighted by Gasteiger charge is -2.34. The van der Waals surface area contributed by atoms with E-state index in [4.69, 9.17) is 27.9 Å². The predicted molar refractivity (Wildman–Crippen MR) is 127 cm³/mol. The maximum absolute atomic E-state index is 13.7. The fourth-order valence-corrected chi connectivity index (χ4v) is 4.96. The Morgan fingerprint density at radius 1 is 0.941 bits per heavy atom. The first-order chi connectivity index (χ1) is 16.2. The quantitative estimate of drug-likeness (QED) is 0.418. The molecule has 2 aromatic rings. The zero-order valence-corrected chi connectivity index (χ0v) is 20.3. The van der Waals surface area contributed by atoms with E-state index in [-0.39, 0.29) is 15.6 Å². The Balaban J connectivity index is 1.74. The molecule has 1 aliphatic carbocycles. The third-order valence-electron chi connectivity index (χ3n) is 6.53. The summed E-state index contributed by atoms with van der Waals surface area (Å²) in [5.41, 5.74) is 0.427. The molecule has 3 amide bonds. The molecule has 0 unspecified atom stereocenters. The number of fused-ring (bicyclic) bond motifs is 1. The van der Waals surface area contributed by atoms with Crippen LogP contribution in [0, 0.1) is 11.8 Å². The Morgan fingerprint density at radius 3 is 2.03 bits per heavy atom. The molecule has 4 rings (SSSR count). The number of methoxy groups -OCH3 is 1. The monoisotopic (exact) mass is 502 g/mol. The van der Waals surface area contributed by atoms with Crippen LogP contribution in [0.15, 0.2) is 42.5 Å². The number of carbonyl (C=O) groups is 4. The summed E-state index contributed by atoms with van der Waals surface area (Å²) >= 11 is 12.1. The molecule has 34 heavy (non-hydrogen) atoms. The zero-order chi connectivity index (χ0) is 24.6. The molecule has 1 saturated heterocycles. The van der Waals surface area contributed by atoms with Crippen molar-refractivity contribution in [2.24, 2.45) is 11.8 Å². The molecule has 0 aromatic heterocycles. The smallest absolute Gasteiger partial charge is 0.273 e. The van der Waals surface area contributed by atoms with E-state index in [1.165, 1.54) is 32.2 Å². The van der Waals surface area contributed by atoms with Gasteiger partial charge in [0.1, 0.15) is 11.8 Å². The Hall–Kier alpha value is -2.90. The zero-order valence-electron chi connectivity index (χ0n) is 18.8. The number of ether oxygens (including phenoxy) is 1. The summed E-state index contributed by atoms with van der Waals surface area (Å²) in [7, 11) is 1.52.